The molecule has 1 atom stereocenters. The normalized spacial score (nSPS) is 13.5. The number of aryl methyl sites for hydroxylation is 2. The van der Waals surface area contributed by atoms with Crippen molar-refractivity contribution >= 4 is 20.9 Å². The number of H-pyrrole nitrogens is 1. The molecule has 0 aliphatic carbocycles. The Morgan fingerprint density at radius 2 is 2.12 bits per heavy atom. The fourth-order valence-electron chi connectivity index (χ4n) is 2.64. The number of aliphatic hydroxyl groups is 1. The van der Waals surface area contributed by atoms with Gasteiger partial charge < -0.3 is 14.7 Å². The van der Waals surface area contributed by atoms with E-state index in [0.29, 0.717) is 12.2 Å². The van der Waals surface area contributed by atoms with E-state index in [-0.39, 0.29) is 11.6 Å². The lowest BCUT2D eigenvalue weighted by molar-refractivity contribution is 0.256. The number of hydrogen-bond acceptors (Lipinski definition) is 4. The third kappa shape index (κ3) is 3.21. The second-order valence-corrected chi connectivity index (χ2v) is 7.46. The summed E-state index contributed by atoms with van der Waals surface area (Å²) in [5, 5.41) is 10.6. The molecule has 7 nitrogen and oxygen atoms in total. The van der Waals surface area contributed by atoms with Gasteiger partial charge in [0.25, 0.3) is 10.0 Å². The third-order valence-corrected chi connectivity index (χ3v) is 5.44. The van der Waals surface area contributed by atoms with Crippen LogP contribution < -0.4 is 4.72 Å². The van der Waals surface area contributed by atoms with Gasteiger partial charge in [-0.05, 0) is 25.0 Å². The predicted molar refractivity (Wildman–Crippen MR) is 91.1 cm³/mol. The Labute approximate surface area is 140 Å². The number of rotatable bonds is 6. The maximum atomic E-state index is 12.5. The summed E-state index contributed by atoms with van der Waals surface area (Å²) in [6.07, 6.45) is 3.68. The van der Waals surface area contributed by atoms with Crippen LogP contribution in [0.2, 0.25) is 0 Å². The molecule has 0 fully saturated rings. The zero-order valence-electron chi connectivity index (χ0n) is 13.5. The van der Waals surface area contributed by atoms with Crippen LogP contribution in [0.3, 0.4) is 0 Å². The van der Waals surface area contributed by atoms with Crippen molar-refractivity contribution in [3.63, 3.8) is 0 Å². The summed E-state index contributed by atoms with van der Waals surface area (Å²) < 4.78 is 29.1. The SMILES string of the molecule is Cc1nc(S(=O)(=O)N[C@@H](CO)Cc2c[nH]c3ccccc23)cn1C. The van der Waals surface area contributed by atoms with E-state index < -0.39 is 16.1 Å². The summed E-state index contributed by atoms with van der Waals surface area (Å²) in [4.78, 5) is 7.19. The summed E-state index contributed by atoms with van der Waals surface area (Å²) >= 11 is 0. The molecule has 1 aromatic carbocycles. The molecule has 8 heteroatoms. The number of aromatic nitrogens is 3. The molecule has 0 radical (unpaired) electrons. The number of fused-ring (bicyclic) bond motifs is 1. The van der Waals surface area contributed by atoms with Gasteiger partial charge in [-0.2, -0.15) is 0 Å². The van der Waals surface area contributed by atoms with Crippen molar-refractivity contribution in [2.75, 3.05) is 6.61 Å². The Morgan fingerprint density at radius 1 is 1.38 bits per heavy atom. The molecule has 0 bridgehead atoms. The van der Waals surface area contributed by atoms with E-state index in [1.807, 2.05) is 30.5 Å². The predicted octanol–water partition coefficient (Wildman–Crippen LogP) is 1.09. The van der Waals surface area contributed by atoms with Gasteiger partial charge in [0.2, 0.25) is 0 Å². The van der Waals surface area contributed by atoms with E-state index in [9.17, 15) is 13.5 Å². The number of imidazole rings is 1. The molecule has 3 rings (SSSR count). The number of nitrogens with zero attached hydrogens (tertiary/aromatic N) is 2. The first kappa shape index (κ1) is 16.7. The van der Waals surface area contributed by atoms with Crippen LogP contribution >= 0.6 is 0 Å². The summed E-state index contributed by atoms with van der Waals surface area (Å²) in [7, 11) is -2.05. The number of benzene rings is 1. The van der Waals surface area contributed by atoms with Crippen LogP contribution in [0.25, 0.3) is 10.9 Å². The zero-order valence-corrected chi connectivity index (χ0v) is 14.3. The van der Waals surface area contributed by atoms with Gasteiger partial charge in [0.1, 0.15) is 5.82 Å². The summed E-state index contributed by atoms with van der Waals surface area (Å²) in [6, 6.07) is 7.14. The van der Waals surface area contributed by atoms with Gasteiger partial charge in [0.05, 0.1) is 6.61 Å². The Bertz CT molecular complexity index is 939. The number of aliphatic hydroxyl groups excluding tert-OH is 1. The highest BCUT2D eigenvalue weighted by atomic mass is 32.2. The molecule has 0 unspecified atom stereocenters. The van der Waals surface area contributed by atoms with Crippen molar-refractivity contribution < 1.29 is 13.5 Å². The summed E-state index contributed by atoms with van der Waals surface area (Å²) in [5.41, 5.74) is 1.93. The topological polar surface area (TPSA) is 100 Å². The molecule has 24 heavy (non-hydrogen) atoms. The average molecular weight is 348 g/mol. The second-order valence-electron chi connectivity index (χ2n) is 5.80. The largest absolute Gasteiger partial charge is 0.395 e. The molecule has 128 valence electrons. The van der Waals surface area contributed by atoms with Crippen LogP contribution in [0, 0.1) is 6.92 Å². The van der Waals surface area contributed by atoms with Gasteiger partial charge in [-0.1, -0.05) is 18.2 Å². The maximum absolute atomic E-state index is 12.5. The fourth-order valence-corrected chi connectivity index (χ4v) is 3.91. The number of aromatic amines is 1. The third-order valence-electron chi connectivity index (χ3n) is 4.05. The molecule has 3 N–H and O–H groups in total. The van der Waals surface area contributed by atoms with Gasteiger partial charge in [-0.3, -0.25) is 0 Å². The van der Waals surface area contributed by atoms with E-state index in [4.69, 9.17) is 0 Å². The minimum absolute atomic E-state index is 0.0418. The summed E-state index contributed by atoms with van der Waals surface area (Å²) in [6.45, 7) is 1.43. The molecule has 0 aliphatic rings. The van der Waals surface area contributed by atoms with Crippen molar-refractivity contribution in [1.29, 1.82) is 0 Å². The Kier molecular flexibility index (Phi) is 4.44. The number of nitrogens with one attached hydrogen (secondary N) is 2. The maximum Gasteiger partial charge on any atom is 0.259 e. The van der Waals surface area contributed by atoms with Gasteiger partial charge in [0.15, 0.2) is 5.03 Å². The van der Waals surface area contributed by atoms with Crippen LogP contribution in [0.4, 0.5) is 0 Å². The number of sulfonamides is 1. The van der Waals surface area contributed by atoms with E-state index in [1.54, 1.807) is 18.5 Å². The molecule has 2 aromatic heterocycles. The highest BCUT2D eigenvalue weighted by Crippen LogP contribution is 2.19. The van der Waals surface area contributed by atoms with Crippen LogP contribution in [0.15, 0.2) is 41.7 Å². The molecule has 0 saturated carbocycles. The minimum atomic E-state index is -3.78. The van der Waals surface area contributed by atoms with Crippen molar-refractivity contribution in [3.05, 3.63) is 48.0 Å². The molecule has 0 spiro atoms. The van der Waals surface area contributed by atoms with Gasteiger partial charge in [-0.15, -0.1) is 0 Å². The molecule has 3 aromatic rings. The highest BCUT2D eigenvalue weighted by Gasteiger charge is 2.23. The minimum Gasteiger partial charge on any atom is -0.395 e. The lowest BCUT2D eigenvalue weighted by Gasteiger charge is -2.15. The lowest BCUT2D eigenvalue weighted by Crippen LogP contribution is -2.39. The molecular weight excluding hydrogens is 328 g/mol. The first-order valence-electron chi connectivity index (χ1n) is 7.59. The number of hydrogen-bond donors (Lipinski definition) is 3. The van der Waals surface area contributed by atoms with Gasteiger partial charge in [0, 0.05) is 36.4 Å². The second kappa shape index (κ2) is 6.39. The van der Waals surface area contributed by atoms with E-state index >= 15 is 0 Å². The van der Waals surface area contributed by atoms with Crippen molar-refractivity contribution in [2.24, 2.45) is 7.05 Å². The summed E-state index contributed by atoms with van der Waals surface area (Å²) in [5.74, 6) is 0.604. The number of para-hydroxylation sites is 1. The Hall–Kier alpha value is -2.16. The van der Waals surface area contributed by atoms with Gasteiger partial charge >= 0.3 is 0 Å². The Morgan fingerprint density at radius 3 is 2.79 bits per heavy atom. The van der Waals surface area contributed by atoms with Gasteiger partial charge in [-0.25, -0.2) is 18.1 Å². The van der Waals surface area contributed by atoms with Crippen molar-refractivity contribution in [3.8, 4) is 0 Å². The first-order chi connectivity index (χ1) is 11.4. The van der Waals surface area contributed by atoms with Crippen LogP contribution in [-0.2, 0) is 23.5 Å². The first-order valence-corrected chi connectivity index (χ1v) is 9.07. The van der Waals surface area contributed by atoms with Crippen LogP contribution in [0.1, 0.15) is 11.4 Å². The van der Waals surface area contributed by atoms with E-state index in [1.165, 1.54) is 6.20 Å². The molecular formula is C16H20N4O3S. The molecule has 2 heterocycles. The zero-order chi connectivity index (χ0) is 17.3. The van der Waals surface area contributed by atoms with E-state index in [0.717, 1.165) is 16.5 Å². The van der Waals surface area contributed by atoms with Crippen molar-refractivity contribution in [1.82, 2.24) is 19.3 Å². The van der Waals surface area contributed by atoms with E-state index in [2.05, 4.69) is 14.7 Å². The smallest absolute Gasteiger partial charge is 0.259 e. The standard InChI is InChI=1S/C16H20N4O3S/c1-11-18-16(9-20(11)2)24(22,23)19-13(10-21)7-12-8-17-15-6-4-3-5-14(12)15/h3-6,8-9,13,17,19,21H,7,10H2,1-2H3/t13-/m1/s1. The highest BCUT2D eigenvalue weighted by molar-refractivity contribution is 7.89. The quantitative estimate of drug-likeness (QED) is 0.621. The van der Waals surface area contributed by atoms with Crippen LogP contribution in [0.5, 0.6) is 0 Å². The van der Waals surface area contributed by atoms with Crippen molar-refractivity contribution in [2.45, 2.75) is 24.4 Å². The fraction of sp³-hybridized carbons (Fsp3) is 0.312. The van der Waals surface area contributed by atoms with Crippen LogP contribution in [-0.4, -0.2) is 40.7 Å². The average Bonchev–Trinajstić information content (AvgIpc) is 3.11. The molecule has 0 amide bonds. The molecule has 0 saturated heterocycles. The Balaban J connectivity index is 1.81. The molecule has 0 aliphatic heterocycles. The lowest BCUT2D eigenvalue weighted by atomic mass is 10.1. The monoisotopic (exact) mass is 348 g/mol.